The fourth-order valence-corrected chi connectivity index (χ4v) is 5.71. The molecular formula is C32H31N5O5S. The molecule has 0 saturated carbocycles. The average molecular weight is 598 g/mol. The Morgan fingerprint density at radius 3 is 2.26 bits per heavy atom. The fraction of sp³-hybridized carbons (Fsp3) is 0.188. The van der Waals surface area contributed by atoms with Crippen molar-refractivity contribution in [3.05, 3.63) is 103 Å². The van der Waals surface area contributed by atoms with Crippen LogP contribution in [0.3, 0.4) is 0 Å². The first-order chi connectivity index (χ1) is 21.0. The molecule has 10 nitrogen and oxygen atoms in total. The van der Waals surface area contributed by atoms with Crippen LogP contribution in [0.5, 0.6) is 11.5 Å². The van der Waals surface area contributed by atoms with Crippen LogP contribution in [0.25, 0.3) is 11.0 Å². The predicted molar refractivity (Wildman–Crippen MR) is 169 cm³/mol. The number of ether oxygens (including phenoxy) is 3. The summed E-state index contributed by atoms with van der Waals surface area (Å²) < 4.78 is 44.0. The number of nitrogens with zero attached hydrogens (tertiary/aromatic N) is 4. The van der Waals surface area contributed by atoms with Crippen LogP contribution >= 0.6 is 0 Å². The first-order valence-electron chi connectivity index (χ1n) is 13.8. The molecule has 11 heteroatoms. The summed E-state index contributed by atoms with van der Waals surface area (Å²) >= 11 is 0. The van der Waals surface area contributed by atoms with E-state index in [9.17, 15) is 8.42 Å². The van der Waals surface area contributed by atoms with Gasteiger partial charge in [0.15, 0.2) is 11.6 Å². The highest BCUT2D eigenvalue weighted by Crippen LogP contribution is 2.37. The van der Waals surface area contributed by atoms with Gasteiger partial charge in [-0.15, -0.1) is 0 Å². The molecule has 1 saturated heterocycles. The monoisotopic (exact) mass is 597 g/mol. The lowest BCUT2D eigenvalue weighted by molar-refractivity contribution is 0.0398. The van der Waals surface area contributed by atoms with E-state index in [1.54, 1.807) is 44.6 Å². The Hall–Kier alpha value is -4.87. The number of rotatable bonds is 9. The summed E-state index contributed by atoms with van der Waals surface area (Å²) in [6.45, 7) is 1.87. The lowest BCUT2D eigenvalue weighted by Gasteiger charge is -2.35. The largest absolute Gasteiger partial charge is 0.497 e. The Bertz CT molecular complexity index is 1790. The number of nitrogens with one attached hydrogen (secondary N) is 1. The van der Waals surface area contributed by atoms with Gasteiger partial charge in [0.05, 0.1) is 37.5 Å². The van der Waals surface area contributed by atoms with E-state index in [1.807, 2.05) is 54.6 Å². The summed E-state index contributed by atoms with van der Waals surface area (Å²) in [6.07, 6.45) is -0.0899. The van der Waals surface area contributed by atoms with E-state index in [-0.39, 0.29) is 17.7 Å². The van der Waals surface area contributed by atoms with Crippen molar-refractivity contribution >= 4 is 50.6 Å². The Morgan fingerprint density at radius 1 is 0.860 bits per heavy atom. The third kappa shape index (κ3) is 6.18. The third-order valence-electron chi connectivity index (χ3n) is 7.21. The smallest absolute Gasteiger partial charge is 0.230 e. The number of benzene rings is 4. The number of aromatic nitrogens is 2. The van der Waals surface area contributed by atoms with Gasteiger partial charge in [0.2, 0.25) is 10.9 Å². The molecule has 1 N–H and O–H groups in total. The van der Waals surface area contributed by atoms with Crippen molar-refractivity contribution in [3.63, 3.8) is 0 Å². The Labute approximate surface area is 251 Å². The van der Waals surface area contributed by atoms with Gasteiger partial charge in [-0.1, -0.05) is 48.5 Å². The lowest BCUT2D eigenvalue weighted by Crippen LogP contribution is -2.38. The van der Waals surface area contributed by atoms with Crippen molar-refractivity contribution in [1.29, 1.82) is 0 Å². The summed E-state index contributed by atoms with van der Waals surface area (Å²) in [5.74, 6) is 1.53. The maximum atomic E-state index is 13.0. The van der Waals surface area contributed by atoms with Gasteiger partial charge in [0.25, 0.3) is 0 Å². The summed E-state index contributed by atoms with van der Waals surface area (Å²) in [6, 6.07) is 30.1. The van der Waals surface area contributed by atoms with Crippen molar-refractivity contribution in [1.82, 2.24) is 9.97 Å². The van der Waals surface area contributed by atoms with E-state index < -0.39 is 10.9 Å². The van der Waals surface area contributed by atoms with Crippen molar-refractivity contribution in [2.75, 3.05) is 48.4 Å². The molecule has 5 aromatic rings. The van der Waals surface area contributed by atoms with E-state index in [0.717, 1.165) is 11.3 Å². The van der Waals surface area contributed by atoms with E-state index in [0.29, 0.717) is 53.6 Å². The Kier molecular flexibility index (Phi) is 8.25. The molecular weight excluding hydrogens is 566 g/mol. The Morgan fingerprint density at radius 2 is 1.56 bits per heavy atom. The predicted octanol–water partition coefficient (Wildman–Crippen LogP) is 5.63. The van der Waals surface area contributed by atoms with Crippen LogP contribution in [0.4, 0.5) is 28.7 Å². The number of anilines is 5. The number of hydrogen-bond donors (Lipinski definition) is 2. The molecule has 1 aliphatic rings. The molecule has 1 fully saturated rings. The minimum Gasteiger partial charge on any atom is -0.497 e. The highest BCUT2D eigenvalue weighted by atomic mass is 32.2. The van der Waals surface area contributed by atoms with Gasteiger partial charge >= 0.3 is 0 Å². The van der Waals surface area contributed by atoms with Gasteiger partial charge in [-0.05, 0) is 35.9 Å². The first-order valence-corrected chi connectivity index (χ1v) is 14.9. The van der Waals surface area contributed by atoms with Crippen LogP contribution < -0.4 is 24.0 Å². The zero-order valence-corrected chi connectivity index (χ0v) is 24.6. The first kappa shape index (κ1) is 28.3. The maximum Gasteiger partial charge on any atom is 0.230 e. The molecule has 0 radical (unpaired) electrons. The molecule has 4 aromatic carbocycles. The molecule has 1 atom stereocenters. The molecule has 1 aromatic heterocycles. The van der Waals surface area contributed by atoms with Gasteiger partial charge in [0.1, 0.15) is 17.6 Å². The zero-order chi connectivity index (χ0) is 29.8. The van der Waals surface area contributed by atoms with E-state index in [1.165, 1.54) is 4.31 Å². The fourth-order valence-electron chi connectivity index (χ4n) is 5.11. The van der Waals surface area contributed by atoms with Crippen LogP contribution in [0.1, 0.15) is 11.7 Å². The number of morpholine rings is 1. The van der Waals surface area contributed by atoms with Crippen molar-refractivity contribution < 1.29 is 22.6 Å². The maximum absolute atomic E-state index is 13.0. The summed E-state index contributed by atoms with van der Waals surface area (Å²) in [4.78, 5) is 11.7. The van der Waals surface area contributed by atoms with E-state index in [2.05, 4.69) is 22.3 Å². The molecule has 43 heavy (non-hydrogen) atoms. The van der Waals surface area contributed by atoms with Gasteiger partial charge in [-0.2, -0.15) is 0 Å². The minimum absolute atomic E-state index is 0.0899. The number of para-hydroxylation sites is 2. The highest BCUT2D eigenvalue weighted by molar-refractivity contribution is 7.74. The number of hydrogen-bond acceptors (Lipinski definition) is 9. The number of thiol groups is 1. The van der Waals surface area contributed by atoms with Crippen molar-refractivity contribution in [2.24, 2.45) is 0 Å². The third-order valence-corrected chi connectivity index (χ3v) is 7.95. The quantitative estimate of drug-likeness (QED) is 0.209. The molecule has 2 heterocycles. The molecule has 0 amide bonds. The molecule has 220 valence electrons. The summed E-state index contributed by atoms with van der Waals surface area (Å²) in [5.41, 5.74) is 4.18. The van der Waals surface area contributed by atoms with Gasteiger partial charge in [-0.3, -0.25) is 0 Å². The second-order valence-corrected chi connectivity index (χ2v) is 10.8. The van der Waals surface area contributed by atoms with E-state index >= 15 is 0 Å². The normalized spacial score (nSPS) is 15.0. The Balaban J connectivity index is 1.40. The topological polar surface area (TPSA) is 106 Å². The molecule has 0 bridgehead atoms. The lowest BCUT2D eigenvalue weighted by atomic mass is 10.1. The van der Waals surface area contributed by atoms with Crippen LogP contribution in [-0.2, 0) is 15.6 Å². The molecule has 1 unspecified atom stereocenters. The molecule has 1 aliphatic heterocycles. The molecule has 0 spiro atoms. The molecule has 0 aliphatic carbocycles. The number of methoxy groups -OCH3 is 2. The SMILES string of the molecule is COc1cc(Nc2nc3ccccc3nc2N(c2cccc(N3CCOC(c4ccccc4)C3)c2)[SH](=O)=O)cc(OC)c1. The molecule has 6 rings (SSSR count). The summed E-state index contributed by atoms with van der Waals surface area (Å²) in [7, 11) is -0.0326. The van der Waals surface area contributed by atoms with Crippen LogP contribution in [-0.4, -0.2) is 52.3 Å². The minimum atomic E-state index is -3.16. The van der Waals surface area contributed by atoms with Gasteiger partial charge in [-0.25, -0.2) is 22.7 Å². The number of fused-ring (bicyclic) bond motifs is 1. The van der Waals surface area contributed by atoms with Crippen LogP contribution in [0, 0.1) is 0 Å². The van der Waals surface area contributed by atoms with Crippen LogP contribution in [0.2, 0.25) is 0 Å². The average Bonchev–Trinajstić information content (AvgIpc) is 3.05. The van der Waals surface area contributed by atoms with Crippen LogP contribution in [0.15, 0.2) is 97.1 Å². The van der Waals surface area contributed by atoms with Gasteiger partial charge < -0.3 is 24.4 Å². The van der Waals surface area contributed by atoms with E-state index in [4.69, 9.17) is 24.2 Å². The zero-order valence-electron chi connectivity index (χ0n) is 23.7. The summed E-state index contributed by atoms with van der Waals surface area (Å²) in [5, 5.41) is 3.25. The second kappa shape index (κ2) is 12.6. The van der Waals surface area contributed by atoms with Crippen molar-refractivity contribution in [3.8, 4) is 11.5 Å². The highest BCUT2D eigenvalue weighted by Gasteiger charge is 2.25. The second-order valence-electron chi connectivity index (χ2n) is 9.90. The van der Waals surface area contributed by atoms with Gasteiger partial charge in [0, 0.05) is 42.7 Å². The standard InChI is InChI=1S/C32H31N5O5S/c1-40-26-17-23(18-27(20-26)41-2)33-31-32(35-29-14-7-6-13-28(29)34-31)37(43(38)39)25-12-8-11-24(19-25)36-15-16-42-30(21-36)22-9-4-3-5-10-22/h3-14,17-20,30,43H,15-16,21H2,1-2H3,(H,33,34). The van der Waals surface area contributed by atoms with Crippen molar-refractivity contribution in [2.45, 2.75) is 6.10 Å².